The molecule has 3 heteroatoms. The fourth-order valence-corrected chi connectivity index (χ4v) is 2.53. The Morgan fingerprint density at radius 1 is 0.840 bits per heavy atom. The van der Waals surface area contributed by atoms with Crippen LogP contribution in [0.4, 0.5) is 0 Å². The summed E-state index contributed by atoms with van der Waals surface area (Å²) >= 11 is 0. The van der Waals surface area contributed by atoms with Crippen LogP contribution in [-0.4, -0.2) is 5.97 Å². The zero-order chi connectivity index (χ0) is 17.5. The Morgan fingerprint density at radius 2 is 1.44 bits per heavy atom. The van der Waals surface area contributed by atoms with Crippen LogP contribution in [0.25, 0.3) is 11.1 Å². The van der Waals surface area contributed by atoms with E-state index in [9.17, 15) is 4.79 Å². The van der Waals surface area contributed by atoms with E-state index >= 15 is 0 Å². The van der Waals surface area contributed by atoms with Crippen LogP contribution in [0, 0.1) is 11.3 Å². The first-order chi connectivity index (χ1) is 12.2. The number of carbonyl (C=O) groups is 1. The summed E-state index contributed by atoms with van der Waals surface area (Å²) in [6.07, 6.45) is 1.02. The van der Waals surface area contributed by atoms with Crippen molar-refractivity contribution >= 4 is 5.97 Å². The number of nitriles is 1. The average molecular weight is 327 g/mol. The van der Waals surface area contributed by atoms with Crippen LogP contribution in [0.5, 0.6) is 5.75 Å². The fourth-order valence-electron chi connectivity index (χ4n) is 2.53. The van der Waals surface area contributed by atoms with Gasteiger partial charge in [-0.1, -0.05) is 54.6 Å². The highest BCUT2D eigenvalue weighted by molar-refractivity contribution is 5.73. The molecule has 0 amide bonds. The number of rotatable bonds is 5. The smallest absolute Gasteiger partial charge is 0.311 e. The minimum Gasteiger partial charge on any atom is -0.427 e. The van der Waals surface area contributed by atoms with Crippen molar-refractivity contribution in [2.75, 3.05) is 0 Å². The maximum absolute atomic E-state index is 12.0. The van der Waals surface area contributed by atoms with Gasteiger partial charge in [-0.15, -0.1) is 0 Å². The summed E-state index contributed by atoms with van der Waals surface area (Å²) in [5.74, 6) is 0.297. The summed E-state index contributed by atoms with van der Waals surface area (Å²) in [6, 6.07) is 26.7. The first-order valence-electron chi connectivity index (χ1n) is 8.10. The van der Waals surface area contributed by atoms with E-state index in [4.69, 9.17) is 10.00 Å². The van der Waals surface area contributed by atoms with Crippen molar-refractivity contribution in [2.45, 2.75) is 12.8 Å². The molecule has 0 aliphatic carbocycles. The molecule has 0 spiro atoms. The van der Waals surface area contributed by atoms with E-state index in [1.54, 1.807) is 24.3 Å². The van der Waals surface area contributed by atoms with Gasteiger partial charge in [0.15, 0.2) is 0 Å². The third-order valence-corrected chi connectivity index (χ3v) is 3.89. The highest BCUT2D eigenvalue weighted by Crippen LogP contribution is 2.23. The normalized spacial score (nSPS) is 10.0. The number of hydrogen-bond acceptors (Lipinski definition) is 3. The molecule has 3 nitrogen and oxygen atoms in total. The van der Waals surface area contributed by atoms with Gasteiger partial charge in [0, 0.05) is 6.42 Å². The summed E-state index contributed by atoms with van der Waals surface area (Å²) < 4.78 is 5.38. The lowest BCUT2D eigenvalue weighted by molar-refractivity contribution is -0.134. The van der Waals surface area contributed by atoms with Crippen LogP contribution in [-0.2, 0) is 11.2 Å². The third kappa shape index (κ3) is 4.55. The Balaban J connectivity index is 1.58. The predicted octanol–water partition coefficient (Wildman–Crippen LogP) is 4.76. The third-order valence-electron chi connectivity index (χ3n) is 3.89. The Labute approximate surface area is 147 Å². The predicted molar refractivity (Wildman–Crippen MR) is 97.0 cm³/mol. The second-order valence-corrected chi connectivity index (χ2v) is 5.67. The standard InChI is InChI=1S/C22H17NO2/c23-16-18-6-9-19(10-7-18)20-11-13-21(14-12-20)25-22(24)15-8-17-4-2-1-3-5-17/h1-7,9-14H,8,15H2. The van der Waals surface area contributed by atoms with Crippen LogP contribution in [0.2, 0.25) is 0 Å². The van der Waals surface area contributed by atoms with Crippen LogP contribution in [0.15, 0.2) is 78.9 Å². The molecule has 0 saturated heterocycles. The Kier molecular flexibility index (Phi) is 5.23. The Bertz CT molecular complexity index is 876. The number of esters is 1. The fraction of sp³-hybridized carbons (Fsp3) is 0.0909. The number of carbonyl (C=O) groups excluding carboxylic acids is 1. The summed E-state index contributed by atoms with van der Waals surface area (Å²) in [6.45, 7) is 0. The van der Waals surface area contributed by atoms with E-state index < -0.39 is 0 Å². The number of aryl methyl sites for hydroxylation is 1. The first-order valence-corrected chi connectivity index (χ1v) is 8.10. The molecular weight excluding hydrogens is 310 g/mol. The van der Waals surface area contributed by atoms with E-state index in [0.717, 1.165) is 16.7 Å². The van der Waals surface area contributed by atoms with E-state index in [-0.39, 0.29) is 5.97 Å². The van der Waals surface area contributed by atoms with Crippen molar-refractivity contribution in [1.29, 1.82) is 5.26 Å². The van der Waals surface area contributed by atoms with Crippen molar-refractivity contribution in [2.24, 2.45) is 0 Å². The molecule has 122 valence electrons. The average Bonchev–Trinajstić information content (AvgIpc) is 2.68. The number of nitrogens with zero attached hydrogens (tertiary/aromatic N) is 1. The van der Waals surface area contributed by atoms with Gasteiger partial charge < -0.3 is 4.74 Å². The van der Waals surface area contributed by atoms with Crippen LogP contribution in [0.1, 0.15) is 17.5 Å². The van der Waals surface area contributed by atoms with Gasteiger partial charge in [-0.2, -0.15) is 5.26 Å². The van der Waals surface area contributed by atoms with E-state index in [1.807, 2.05) is 54.6 Å². The van der Waals surface area contributed by atoms with Crippen molar-refractivity contribution in [3.63, 3.8) is 0 Å². The molecule has 0 saturated carbocycles. The molecule has 0 bridgehead atoms. The molecule has 3 aromatic rings. The van der Waals surface area contributed by atoms with Gasteiger partial charge in [0.1, 0.15) is 5.75 Å². The van der Waals surface area contributed by atoms with Gasteiger partial charge in [-0.05, 0) is 47.4 Å². The number of ether oxygens (including phenoxy) is 1. The van der Waals surface area contributed by atoms with Crippen LogP contribution >= 0.6 is 0 Å². The largest absolute Gasteiger partial charge is 0.427 e. The minimum absolute atomic E-state index is 0.241. The molecular formula is C22H17NO2. The molecule has 3 rings (SSSR count). The molecule has 0 radical (unpaired) electrons. The van der Waals surface area contributed by atoms with Crippen LogP contribution in [0.3, 0.4) is 0 Å². The second-order valence-electron chi connectivity index (χ2n) is 5.67. The highest BCUT2D eigenvalue weighted by atomic mass is 16.5. The zero-order valence-corrected chi connectivity index (χ0v) is 13.7. The Hall–Kier alpha value is -3.38. The molecule has 0 atom stereocenters. The molecule has 0 heterocycles. The molecule has 0 aliphatic heterocycles. The van der Waals surface area contributed by atoms with Crippen molar-refractivity contribution in [3.05, 3.63) is 90.0 Å². The van der Waals surface area contributed by atoms with Crippen molar-refractivity contribution in [3.8, 4) is 22.9 Å². The number of benzene rings is 3. The van der Waals surface area contributed by atoms with Gasteiger partial charge in [0.05, 0.1) is 11.6 Å². The molecule has 0 unspecified atom stereocenters. The Morgan fingerprint density at radius 3 is 2.04 bits per heavy atom. The first kappa shape index (κ1) is 16.5. The van der Waals surface area contributed by atoms with Crippen molar-refractivity contribution < 1.29 is 9.53 Å². The van der Waals surface area contributed by atoms with Gasteiger partial charge in [0.2, 0.25) is 0 Å². The van der Waals surface area contributed by atoms with E-state index in [1.165, 1.54) is 0 Å². The summed E-state index contributed by atoms with van der Waals surface area (Å²) in [4.78, 5) is 12.0. The van der Waals surface area contributed by atoms with E-state index in [2.05, 4.69) is 6.07 Å². The molecule has 0 aliphatic rings. The molecule has 0 aromatic heterocycles. The van der Waals surface area contributed by atoms with Crippen molar-refractivity contribution in [1.82, 2.24) is 0 Å². The zero-order valence-electron chi connectivity index (χ0n) is 13.7. The summed E-state index contributed by atoms with van der Waals surface area (Å²) in [7, 11) is 0. The SMILES string of the molecule is N#Cc1ccc(-c2ccc(OC(=O)CCc3ccccc3)cc2)cc1. The van der Waals surface area contributed by atoms with Gasteiger partial charge >= 0.3 is 5.97 Å². The maximum atomic E-state index is 12.0. The highest BCUT2D eigenvalue weighted by Gasteiger charge is 2.06. The molecule has 0 fully saturated rings. The van der Waals surface area contributed by atoms with Crippen LogP contribution < -0.4 is 4.74 Å². The topological polar surface area (TPSA) is 50.1 Å². The minimum atomic E-state index is -0.241. The van der Waals surface area contributed by atoms with Gasteiger partial charge in [0.25, 0.3) is 0 Å². The van der Waals surface area contributed by atoms with E-state index in [0.29, 0.717) is 24.2 Å². The molecule has 0 N–H and O–H groups in total. The quantitative estimate of drug-likeness (QED) is 0.501. The monoisotopic (exact) mass is 327 g/mol. The second kappa shape index (κ2) is 7.94. The van der Waals surface area contributed by atoms with Gasteiger partial charge in [-0.25, -0.2) is 0 Å². The molecule has 25 heavy (non-hydrogen) atoms. The lowest BCUT2D eigenvalue weighted by atomic mass is 10.0. The van der Waals surface area contributed by atoms with Gasteiger partial charge in [-0.3, -0.25) is 4.79 Å². The lowest BCUT2D eigenvalue weighted by Gasteiger charge is -2.06. The number of hydrogen-bond donors (Lipinski definition) is 0. The molecule has 3 aromatic carbocycles. The summed E-state index contributed by atoms with van der Waals surface area (Å²) in [5.41, 5.74) is 3.78. The lowest BCUT2D eigenvalue weighted by Crippen LogP contribution is -2.08. The summed E-state index contributed by atoms with van der Waals surface area (Å²) in [5, 5.41) is 8.84. The maximum Gasteiger partial charge on any atom is 0.311 e.